The van der Waals surface area contributed by atoms with Crippen LogP contribution in [0.2, 0.25) is 0 Å². The molecule has 1 aliphatic rings. The van der Waals surface area contributed by atoms with Gasteiger partial charge in [0.25, 0.3) is 0 Å². The number of nitrogens with zero attached hydrogens (tertiary/aromatic N) is 3. The van der Waals surface area contributed by atoms with Crippen molar-refractivity contribution < 1.29 is 9.47 Å². The maximum Gasteiger partial charge on any atom is 0.329 e. The molecule has 6 heteroatoms. The van der Waals surface area contributed by atoms with Crippen LogP contribution in [0.15, 0.2) is 46.2 Å². The van der Waals surface area contributed by atoms with Gasteiger partial charge in [-0.2, -0.15) is 0 Å². The van der Waals surface area contributed by atoms with Crippen molar-refractivity contribution in [1.82, 2.24) is 9.13 Å². The normalized spacial score (nSPS) is 15.5. The van der Waals surface area contributed by atoms with Gasteiger partial charge in [-0.05, 0) is 43.2 Å². The molecule has 1 unspecified atom stereocenters. The third-order valence-electron chi connectivity index (χ3n) is 5.82. The quantitative estimate of drug-likeness (QED) is 0.665. The van der Waals surface area contributed by atoms with E-state index in [9.17, 15) is 4.79 Å². The first-order valence-corrected chi connectivity index (χ1v) is 10.0. The van der Waals surface area contributed by atoms with Gasteiger partial charge >= 0.3 is 5.69 Å². The smallest absolute Gasteiger partial charge is 0.329 e. The summed E-state index contributed by atoms with van der Waals surface area (Å²) in [5.74, 6) is 1.51. The van der Waals surface area contributed by atoms with Crippen LogP contribution < -0.4 is 20.7 Å². The Kier molecular flexibility index (Phi) is 5.02. The van der Waals surface area contributed by atoms with Crippen LogP contribution >= 0.6 is 0 Å². The molecular weight excluding hydrogens is 378 g/mol. The summed E-state index contributed by atoms with van der Waals surface area (Å²) in [6.45, 7) is 6.81. The molecule has 0 radical (unpaired) electrons. The minimum atomic E-state index is -0.0803. The number of fused-ring (bicyclic) bond motifs is 3. The molecule has 1 atom stereocenters. The third kappa shape index (κ3) is 3.22. The van der Waals surface area contributed by atoms with Crippen LogP contribution in [0.1, 0.15) is 29.5 Å². The van der Waals surface area contributed by atoms with Crippen molar-refractivity contribution in [2.75, 3.05) is 14.2 Å². The van der Waals surface area contributed by atoms with Crippen LogP contribution in [-0.2, 0) is 13.6 Å². The molecular formula is C24H27N3O3. The number of aromatic nitrogens is 2. The topological polar surface area (TPSA) is 57.8 Å². The molecule has 30 heavy (non-hydrogen) atoms. The number of hydrogen-bond acceptors (Lipinski definition) is 4. The average molecular weight is 405 g/mol. The molecule has 0 fully saturated rings. The molecule has 0 bridgehead atoms. The van der Waals surface area contributed by atoms with Gasteiger partial charge in [0.15, 0.2) is 11.5 Å². The number of ether oxygens (including phenoxy) is 2. The van der Waals surface area contributed by atoms with Gasteiger partial charge in [-0.25, -0.2) is 9.79 Å². The maximum atomic E-state index is 13.2. The summed E-state index contributed by atoms with van der Waals surface area (Å²) >= 11 is 0. The lowest BCUT2D eigenvalue weighted by Crippen LogP contribution is -2.41. The number of rotatable bonds is 3. The number of benzene rings is 2. The molecule has 2 aromatic carbocycles. The van der Waals surface area contributed by atoms with Crippen molar-refractivity contribution in [1.29, 1.82) is 0 Å². The Balaban J connectivity index is 2.00. The highest BCUT2D eigenvalue weighted by atomic mass is 16.5. The molecule has 0 amide bonds. The summed E-state index contributed by atoms with van der Waals surface area (Å²) in [5, 5.41) is 0. The van der Waals surface area contributed by atoms with Crippen LogP contribution in [0.4, 0.5) is 5.69 Å². The van der Waals surface area contributed by atoms with E-state index in [1.54, 1.807) is 25.8 Å². The summed E-state index contributed by atoms with van der Waals surface area (Å²) in [6, 6.07) is 12.1. The number of aryl methyl sites for hydroxylation is 2. The molecule has 0 saturated heterocycles. The standard InChI is InChI=1S/C24H27N3O3/c1-14-7-8-19(15(2)9-14)25-23-12-20-18-11-22(30-6)21(29-5)10-17(18)16(3)13-27(20)24(28)26(23)4/h7-12,16H,13H2,1-6H3. The minimum Gasteiger partial charge on any atom is -0.493 e. The second kappa shape index (κ2) is 7.52. The maximum absolute atomic E-state index is 13.2. The summed E-state index contributed by atoms with van der Waals surface area (Å²) in [5.41, 5.74) is 6.61. The van der Waals surface area contributed by atoms with E-state index in [2.05, 4.69) is 19.9 Å². The van der Waals surface area contributed by atoms with Crippen LogP contribution in [0.5, 0.6) is 11.5 Å². The first kappa shape index (κ1) is 20.0. The number of methoxy groups -OCH3 is 2. The highest BCUT2D eigenvalue weighted by molar-refractivity contribution is 5.71. The lowest BCUT2D eigenvalue weighted by atomic mass is 9.89. The fraction of sp³-hybridized carbons (Fsp3) is 0.333. The Morgan fingerprint density at radius 3 is 2.40 bits per heavy atom. The van der Waals surface area contributed by atoms with E-state index >= 15 is 0 Å². The predicted octanol–water partition coefficient (Wildman–Crippen LogP) is 3.84. The minimum absolute atomic E-state index is 0.0803. The Hall–Kier alpha value is -3.28. The van der Waals surface area contributed by atoms with E-state index in [0.717, 1.165) is 28.1 Å². The van der Waals surface area contributed by atoms with Gasteiger partial charge in [-0.3, -0.25) is 9.13 Å². The lowest BCUT2D eigenvalue weighted by molar-refractivity contribution is 0.354. The average Bonchev–Trinajstić information content (AvgIpc) is 2.73. The summed E-state index contributed by atoms with van der Waals surface area (Å²) in [7, 11) is 5.03. The zero-order valence-corrected chi connectivity index (χ0v) is 18.3. The van der Waals surface area contributed by atoms with Gasteiger partial charge in [-0.15, -0.1) is 0 Å². The first-order valence-electron chi connectivity index (χ1n) is 10.0. The molecule has 1 aliphatic heterocycles. The molecule has 1 aromatic heterocycles. The Labute approximate surface area is 176 Å². The van der Waals surface area contributed by atoms with Gasteiger partial charge in [-0.1, -0.05) is 24.6 Å². The second-order valence-corrected chi connectivity index (χ2v) is 7.94. The largest absolute Gasteiger partial charge is 0.493 e. The van der Waals surface area contributed by atoms with Crippen molar-refractivity contribution in [2.24, 2.45) is 12.0 Å². The third-order valence-corrected chi connectivity index (χ3v) is 5.82. The van der Waals surface area contributed by atoms with Gasteiger partial charge < -0.3 is 9.47 Å². The monoisotopic (exact) mass is 405 g/mol. The SMILES string of the molecule is COc1cc2c(cc1OC)C(C)Cn1c-2cc(=Nc2ccc(C)cc2C)n(C)c1=O. The van der Waals surface area contributed by atoms with Crippen molar-refractivity contribution in [3.63, 3.8) is 0 Å². The summed E-state index contributed by atoms with van der Waals surface area (Å²) in [4.78, 5) is 18.0. The van der Waals surface area contributed by atoms with Gasteiger partial charge in [0.2, 0.25) is 0 Å². The van der Waals surface area contributed by atoms with E-state index in [1.807, 2.05) is 41.8 Å². The van der Waals surface area contributed by atoms with Crippen LogP contribution in [-0.4, -0.2) is 23.4 Å². The molecule has 0 spiro atoms. The molecule has 2 heterocycles. The molecule has 3 aromatic rings. The molecule has 156 valence electrons. The first-order chi connectivity index (χ1) is 14.3. The van der Waals surface area contributed by atoms with Crippen molar-refractivity contribution in [3.8, 4) is 22.8 Å². The fourth-order valence-corrected chi connectivity index (χ4v) is 4.14. The fourth-order valence-electron chi connectivity index (χ4n) is 4.14. The Morgan fingerprint density at radius 2 is 1.73 bits per heavy atom. The molecule has 0 saturated carbocycles. The van der Waals surface area contributed by atoms with Crippen molar-refractivity contribution in [3.05, 3.63) is 69.1 Å². The van der Waals surface area contributed by atoms with E-state index in [1.165, 1.54) is 5.56 Å². The molecule has 4 rings (SSSR count). The van der Waals surface area contributed by atoms with E-state index < -0.39 is 0 Å². The highest BCUT2D eigenvalue weighted by Crippen LogP contribution is 2.41. The van der Waals surface area contributed by atoms with Crippen molar-refractivity contribution >= 4 is 5.69 Å². The van der Waals surface area contributed by atoms with E-state index in [0.29, 0.717) is 23.5 Å². The molecule has 6 nitrogen and oxygen atoms in total. The molecule has 0 aliphatic carbocycles. The van der Waals surface area contributed by atoms with Gasteiger partial charge in [0, 0.05) is 31.1 Å². The van der Waals surface area contributed by atoms with Gasteiger partial charge in [0.1, 0.15) is 5.49 Å². The number of hydrogen-bond donors (Lipinski definition) is 0. The zero-order chi connectivity index (χ0) is 21.6. The Bertz CT molecular complexity index is 1270. The summed E-state index contributed by atoms with van der Waals surface area (Å²) < 4.78 is 14.4. The van der Waals surface area contributed by atoms with Crippen molar-refractivity contribution in [2.45, 2.75) is 33.2 Å². The second-order valence-electron chi connectivity index (χ2n) is 7.94. The highest BCUT2D eigenvalue weighted by Gasteiger charge is 2.26. The van der Waals surface area contributed by atoms with Gasteiger partial charge in [0.05, 0.1) is 25.6 Å². The summed E-state index contributed by atoms with van der Waals surface area (Å²) in [6.07, 6.45) is 0. The zero-order valence-electron chi connectivity index (χ0n) is 18.3. The predicted molar refractivity (Wildman–Crippen MR) is 118 cm³/mol. The van der Waals surface area contributed by atoms with Crippen LogP contribution in [0.3, 0.4) is 0 Å². The van der Waals surface area contributed by atoms with Crippen LogP contribution in [0.25, 0.3) is 11.3 Å². The van der Waals surface area contributed by atoms with E-state index in [-0.39, 0.29) is 11.6 Å². The van der Waals surface area contributed by atoms with E-state index in [4.69, 9.17) is 14.5 Å². The van der Waals surface area contributed by atoms with Crippen LogP contribution in [0, 0.1) is 13.8 Å². The Morgan fingerprint density at radius 1 is 1.03 bits per heavy atom. The lowest BCUT2D eigenvalue weighted by Gasteiger charge is -2.28. The molecule has 0 N–H and O–H groups in total.